The van der Waals surface area contributed by atoms with Crippen LogP contribution in [0.15, 0.2) is 54.6 Å². The molecule has 0 aliphatic rings. The van der Waals surface area contributed by atoms with Crippen LogP contribution in [0.3, 0.4) is 0 Å². The van der Waals surface area contributed by atoms with Crippen molar-refractivity contribution in [2.24, 2.45) is 0 Å². The van der Waals surface area contributed by atoms with Crippen molar-refractivity contribution in [3.63, 3.8) is 0 Å². The van der Waals surface area contributed by atoms with Crippen molar-refractivity contribution in [3.05, 3.63) is 60.4 Å². The van der Waals surface area contributed by atoms with Crippen LogP contribution >= 0.6 is 0 Å². The first-order valence-electron chi connectivity index (χ1n) is 5.45. The van der Waals surface area contributed by atoms with E-state index in [9.17, 15) is 4.39 Å². The van der Waals surface area contributed by atoms with Crippen LogP contribution in [0.4, 0.5) is 4.39 Å². The minimum Gasteiger partial charge on any atom is -0.206 e. The third-order valence-electron chi connectivity index (χ3n) is 2.59. The maximum Gasteiger partial charge on any atom is 0.190 e. The summed E-state index contributed by atoms with van der Waals surface area (Å²) in [7, 11) is 0. The first-order chi connectivity index (χ1) is 8.86. The predicted molar refractivity (Wildman–Crippen MR) is 64.5 cm³/mol. The molecule has 0 atom stereocenters. The summed E-state index contributed by atoms with van der Waals surface area (Å²) in [6.45, 7) is 0. The van der Waals surface area contributed by atoms with Gasteiger partial charge in [0.15, 0.2) is 5.82 Å². The number of hydrogen-bond acceptors (Lipinski definition) is 3. The van der Waals surface area contributed by atoms with E-state index in [1.165, 1.54) is 10.7 Å². The molecule has 18 heavy (non-hydrogen) atoms. The second-order valence-electron chi connectivity index (χ2n) is 3.73. The second kappa shape index (κ2) is 4.37. The molecule has 5 heteroatoms. The first kappa shape index (κ1) is 10.6. The summed E-state index contributed by atoms with van der Waals surface area (Å²) in [6.07, 6.45) is 0. The van der Waals surface area contributed by atoms with Crippen LogP contribution in [0.2, 0.25) is 0 Å². The normalized spacial score (nSPS) is 10.5. The summed E-state index contributed by atoms with van der Waals surface area (Å²) in [5.41, 5.74) is 1.17. The van der Waals surface area contributed by atoms with Gasteiger partial charge in [0.25, 0.3) is 0 Å². The maximum absolute atomic E-state index is 13.7. The van der Waals surface area contributed by atoms with Crippen LogP contribution in [0, 0.1) is 5.82 Å². The number of nitrogens with zero attached hydrogens (tertiary/aromatic N) is 4. The van der Waals surface area contributed by atoms with Gasteiger partial charge in [0.05, 0.1) is 11.3 Å². The zero-order valence-electron chi connectivity index (χ0n) is 9.36. The zero-order chi connectivity index (χ0) is 12.4. The predicted octanol–water partition coefficient (Wildman–Crippen LogP) is 2.47. The Balaban J connectivity index is 2.16. The molecule has 0 aliphatic heterocycles. The molecule has 0 amide bonds. The van der Waals surface area contributed by atoms with Gasteiger partial charge in [0.2, 0.25) is 0 Å². The van der Waals surface area contributed by atoms with E-state index in [2.05, 4.69) is 15.5 Å². The molecule has 0 aliphatic carbocycles. The number of rotatable bonds is 2. The Morgan fingerprint density at radius 1 is 0.889 bits per heavy atom. The first-order valence-corrected chi connectivity index (χ1v) is 5.45. The van der Waals surface area contributed by atoms with E-state index in [-0.39, 0.29) is 5.82 Å². The highest BCUT2D eigenvalue weighted by Gasteiger charge is 2.13. The molecule has 0 saturated carbocycles. The van der Waals surface area contributed by atoms with Crippen molar-refractivity contribution in [1.29, 1.82) is 0 Å². The molecule has 2 aromatic carbocycles. The van der Waals surface area contributed by atoms with Crippen molar-refractivity contribution < 1.29 is 4.39 Å². The summed E-state index contributed by atoms with van der Waals surface area (Å²) in [5, 5.41) is 11.4. The van der Waals surface area contributed by atoms with Gasteiger partial charge in [-0.1, -0.05) is 30.3 Å². The van der Waals surface area contributed by atoms with Crippen LogP contribution in [0.25, 0.3) is 17.1 Å². The third kappa shape index (κ3) is 1.75. The SMILES string of the molecule is Fc1ccccc1-c1nnnn1-c1ccccc1. The van der Waals surface area contributed by atoms with Gasteiger partial charge < -0.3 is 0 Å². The molecular formula is C13H9FN4. The number of halogens is 1. The fourth-order valence-electron chi connectivity index (χ4n) is 1.74. The summed E-state index contributed by atoms with van der Waals surface area (Å²) < 4.78 is 15.3. The van der Waals surface area contributed by atoms with E-state index in [0.29, 0.717) is 11.4 Å². The maximum atomic E-state index is 13.7. The van der Waals surface area contributed by atoms with E-state index in [1.807, 2.05) is 30.3 Å². The molecule has 0 bridgehead atoms. The average molecular weight is 240 g/mol. The molecule has 3 rings (SSSR count). The zero-order valence-corrected chi connectivity index (χ0v) is 9.36. The molecule has 0 spiro atoms. The summed E-state index contributed by atoms with van der Waals surface area (Å²) in [4.78, 5) is 0. The van der Waals surface area contributed by atoms with Crippen molar-refractivity contribution in [2.45, 2.75) is 0 Å². The molecule has 0 radical (unpaired) electrons. The lowest BCUT2D eigenvalue weighted by Gasteiger charge is -2.04. The van der Waals surface area contributed by atoms with Crippen molar-refractivity contribution in [3.8, 4) is 17.1 Å². The fraction of sp³-hybridized carbons (Fsp3) is 0. The van der Waals surface area contributed by atoms with E-state index < -0.39 is 0 Å². The minimum absolute atomic E-state index is 0.343. The van der Waals surface area contributed by atoms with Gasteiger partial charge in [0.1, 0.15) is 5.82 Å². The van der Waals surface area contributed by atoms with Crippen LogP contribution in [-0.4, -0.2) is 20.2 Å². The Morgan fingerprint density at radius 2 is 1.61 bits per heavy atom. The van der Waals surface area contributed by atoms with Crippen LogP contribution < -0.4 is 0 Å². The van der Waals surface area contributed by atoms with E-state index in [1.54, 1.807) is 18.2 Å². The molecule has 0 saturated heterocycles. The quantitative estimate of drug-likeness (QED) is 0.691. The largest absolute Gasteiger partial charge is 0.206 e. The Bertz CT molecular complexity index is 664. The monoisotopic (exact) mass is 240 g/mol. The molecule has 88 valence electrons. The van der Waals surface area contributed by atoms with Crippen molar-refractivity contribution in [1.82, 2.24) is 20.2 Å². The van der Waals surface area contributed by atoms with Gasteiger partial charge in [-0.25, -0.2) is 4.39 Å². The average Bonchev–Trinajstić information content (AvgIpc) is 2.89. The van der Waals surface area contributed by atoms with Gasteiger partial charge >= 0.3 is 0 Å². The number of hydrogen-bond donors (Lipinski definition) is 0. The van der Waals surface area contributed by atoms with Gasteiger partial charge in [-0.15, -0.1) is 5.10 Å². The molecular weight excluding hydrogens is 231 g/mol. The van der Waals surface area contributed by atoms with Gasteiger partial charge in [-0.3, -0.25) is 0 Å². The van der Waals surface area contributed by atoms with Crippen molar-refractivity contribution in [2.75, 3.05) is 0 Å². The highest BCUT2D eigenvalue weighted by molar-refractivity contribution is 5.57. The van der Waals surface area contributed by atoms with E-state index in [0.717, 1.165) is 5.69 Å². The molecule has 0 N–H and O–H groups in total. The third-order valence-corrected chi connectivity index (χ3v) is 2.59. The lowest BCUT2D eigenvalue weighted by atomic mass is 10.2. The molecule has 1 heterocycles. The molecule has 0 unspecified atom stereocenters. The minimum atomic E-state index is -0.343. The molecule has 4 nitrogen and oxygen atoms in total. The summed E-state index contributed by atoms with van der Waals surface area (Å²) >= 11 is 0. The highest BCUT2D eigenvalue weighted by atomic mass is 19.1. The topological polar surface area (TPSA) is 43.6 Å². The number of aromatic nitrogens is 4. The Morgan fingerprint density at radius 3 is 2.39 bits per heavy atom. The van der Waals surface area contributed by atoms with Crippen LogP contribution in [0.1, 0.15) is 0 Å². The molecule has 1 aromatic heterocycles. The molecule has 0 fully saturated rings. The van der Waals surface area contributed by atoms with Crippen molar-refractivity contribution >= 4 is 0 Å². The van der Waals surface area contributed by atoms with E-state index >= 15 is 0 Å². The number of para-hydroxylation sites is 1. The smallest absolute Gasteiger partial charge is 0.190 e. The lowest BCUT2D eigenvalue weighted by Crippen LogP contribution is -2.00. The van der Waals surface area contributed by atoms with Gasteiger partial charge in [0, 0.05) is 0 Å². The van der Waals surface area contributed by atoms with Gasteiger partial charge in [-0.05, 0) is 34.7 Å². The highest BCUT2D eigenvalue weighted by Crippen LogP contribution is 2.21. The van der Waals surface area contributed by atoms with Crippen LogP contribution in [-0.2, 0) is 0 Å². The summed E-state index contributed by atoms with van der Waals surface area (Å²) in [5.74, 6) is 0.0452. The standard InChI is InChI=1S/C13H9FN4/c14-12-9-5-4-8-11(12)13-15-16-17-18(13)10-6-2-1-3-7-10/h1-9H. The number of tetrazole rings is 1. The Labute approximate surface area is 103 Å². The van der Waals surface area contributed by atoms with Crippen LogP contribution in [0.5, 0.6) is 0 Å². The summed E-state index contributed by atoms with van der Waals surface area (Å²) in [6, 6.07) is 15.8. The Hall–Kier alpha value is -2.56. The number of benzene rings is 2. The Kier molecular flexibility index (Phi) is 2.57. The fourth-order valence-corrected chi connectivity index (χ4v) is 1.74. The van der Waals surface area contributed by atoms with Gasteiger partial charge in [-0.2, -0.15) is 4.68 Å². The van der Waals surface area contributed by atoms with E-state index in [4.69, 9.17) is 0 Å². The second-order valence-corrected chi connectivity index (χ2v) is 3.73. The molecule has 3 aromatic rings. The lowest BCUT2D eigenvalue weighted by molar-refractivity contribution is 0.629.